The Morgan fingerprint density at radius 1 is 0.857 bits per heavy atom. The van der Waals surface area contributed by atoms with Crippen LogP contribution in [0, 0.1) is 6.92 Å². The van der Waals surface area contributed by atoms with E-state index in [1.54, 1.807) is 0 Å². The fourth-order valence-corrected chi connectivity index (χ4v) is 5.97. The summed E-state index contributed by atoms with van der Waals surface area (Å²) in [6, 6.07) is 30.6. The number of amides is 1. The van der Waals surface area contributed by atoms with E-state index in [4.69, 9.17) is 0 Å². The van der Waals surface area contributed by atoms with Gasteiger partial charge in [0.15, 0.2) is 0 Å². The van der Waals surface area contributed by atoms with Crippen molar-refractivity contribution >= 4 is 17.7 Å². The highest BCUT2D eigenvalue weighted by molar-refractivity contribution is 7.99. The van der Waals surface area contributed by atoms with Crippen molar-refractivity contribution in [2.45, 2.75) is 36.6 Å². The zero-order chi connectivity index (χ0) is 24.0. The second kappa shape index (κ2) is 11.4. The number of piperazine rings is 1. The zero-order valence-electron chi connectivity index (χ0n) is 20.3. The highest BCUT2D eigenvalue weighted by Crippen LogP contribution is 2.30. The lowest BCUT2D eigenvalue weighted by Gasteiger charge is -2.45. The van der Waals surface area contributed by atoms with Crippen LogP contribution in [0.15, 0.2) is 89.8 Å². The van der Waals surface area contributed by atoms with Crippen LogP contribution in [0.2, 0.25) is 0 Å². The second-order valence-electron chi connectivity index (χ2n) is 9.46. The molecule has 2 heterocycles. The van der Waals surface area contributed by atoms with Crippen LogP contribution in [0.3, 0.4) is 0 Å². The van der Waals surface area contributed by atoms with Crippen LogP contribution < -0.4 is 10.6 Å². The molecule has 0 aromatic heterocycles. The molecular formula is C29H34N4OS. The largest absolute Gasteiger partial charge is 0.328 e. The highest BCUT2D eigenvalue weighted by Gasteiger charge is 2.33. The standard InChI is InChI=1S/C29H34N4OS/c1-22-12-14-26(15-13-22)35-21-25-20-27(34)31-29(30-25)33-18-16-32(17-19-33)28(23-8-4-2-5-9-23)24-10-6-3-7-11-24/h2-15,25,28-30H,16-21H2,1H3,(H,31,34). The van der Waals surface area contributed by atoms with Crippen LogP contribution in [0.1, 0.15) is 29.2 Å². The van der Waals surface area contributed by atoms with Crippen molar-refractivity contribution in [3.05, 3.63) is 102 Å². The SMILES string of the molecule is Cc1ccc(SCC2CC(=O)NC(N3CCN(C(c4ccccc4)c4ccccc4)CC3)N2)cc1. The van der Waals surface area contributed by atoms with E-state index < -0.39 is 0 Å². The number of benzene rings is 3. The third kappa shape index (κ3) is 6.14. The first-order chi connectivity index (χ1) is 17.2. The first kappa shape index (κ1) is 24.1. The van der Waals surface area contributed by atoms with E-state index in [1.807, 2.05) is 11.8 Å². The Morgan fingerprint density at radius 3 is 2.06 bits per heavy atom. The predicted molar refractivity (Wildman–Crippen MR) is 143 cm³/mol. The monoisotopic (exact) mass is 486 g/mol. The first-order valence-corrected chi connectivity index (χ1v) is 13.5. The molecule has 2 aliphatic heterocycles. The molecule has 0 saturated carbocycles. The van der Waals surface area contributed by atoms with Crippen LogP contribution >= 0.6 is 11.8 Å². The Balaban J connectivity index is 1.21. The third-order valence-electron chi connectivity index (χ3n) is 6.91. The summed E-state index contributed by atoms with van der Waals surface area (Å²) in [6.45, 7) is 5.82. The predicted octanol–water partition coefficient (Wildman–Crippen LogP) is 4.26. The van der Waals surface area contributed by atoms with E-state index >= 15 is 0 Å². The summed E-state index contributed by atoms with van der Waals surface area (Å²) in [6.07, 6.45) is 0.424. The van der Waals surface area contributed by atoms with Gasteiger partial charge in [-0.3, -0.25) is 19.9 Å². The molecule has 5 nitrogen and oxygen atoms in total. The molecule has 2 saturated heterocycles. The molecule has 3 aromatic rings. The van der Waals surface area contributed by atoms with Crippen molar-refractivity contribution in [3.63, 3.8) is 0 Å². The average Bonchev–Trinajstić information content (AvgIpc) is 2.90. The van der Waals surface area contributed by atoms with Gasteiger partial charge in [-0.1, -0.05) is 78.4 Å². The van der Waals surface area contributed by atoms with Gasteiger partial charge in [0.2, 0.25) is 5.91 Å². The van der Waals surface area contributed by atoms with Crippen molar-refractivity contribution in [3.8, 4) is 0 Å². The van der Waals surface area contributed by atoms with Crippen molar-refractivity contribution in [2.75, 3.05) is 31.9 Å². The number of carbonyl (C=O) groups excluding carboxylic acids is 1. The van der Waals surface area contributed by atoms with Gasteiger partial charge in [0.25, 0.3) is 0 Å². The smallest absolute Gasteiger partial charge is 0.223 e. The van der Waals surface area contributed by atoms with Gasteiger partial charge in [-0.2, -0.15) is 0 Å². The highest BCUT2D eigenvalue weighted by atomic mass is 32.2. The van der Waals surface area contributed by atoms with E-state index in [0.717, 1.165) is 31.9 Å². The summed E-state index contributed by atoms with van der Waals surface area (Å²) in [5.41, 5.74) is 3.92. The number of hydrogen-bond acceptors (Lipinski definition) is 5. The minimum Gasteiger partial charge on any atom is -0.328 e. The number of hydrogen-bond donors (Lipinski definition) is 2. The molecule has 5 rings (SSSR count). The normalized spacial score (nSPS) is 21.7. The van der Waals surface area contributed by atoms with Gasteiger partial charge in [0.05, 0.1) is 6.04 Å². The fraction of sp³-hybridized carbons (Fsp3) is 0.345. The first-order valence-electron chi connectivity index (χ1n) is 12.5. The number of nitrogens with one attached hydrogen (secondary N) is 2. The van der Waals surface area contributed by atoms with Gasteiger partial charge < -0.3 is 5.32 Å². The van der Waals surface area contributed by atoms with E-state index in [9.17, 15) is 4.79 Å². The molecule has 0 aliphatic carbocycles. The minimum atomic E-state index is -0.103. The molecule has 0 bridgehead atoms. The maximum atomic E-state index is 12.5. The lowest BCUT2D eigenvalue weighted by Crippen LogP contribution is -2.67. The summed E-state index contributed by atoms with van der Waals surface area (Å²) in [5, 5.41) is 6.87. The van der Waals surface area contributed by atoms with Crippen LogP contribution in [0.25, 0.3) is 0 Å². The molecule has 2 unspecified atom stereocenters. The topological polar surface area (TPSA) is 47.6 Å². The maximum Gasteiger partial charge on any atom is 0.223 e. The zero-order valence-corrected chi connectivity index (χ0v) is 21.1. The Labute approximate surface area is 212 Å². The minimum absolute atomic E-state index is 0.103. The quantitative estimate of drug-likeness (QED) is 0.489. The van der Waals surface area contributed by atoms with Crippen LogP contribution in [0.4, 0.5) is 0 Å². The molecule has 2 aliphatic rings. The number of nitrogens with zero attached hydrogens (tertiary/aromatic N) is 2. The van der Waals surface area contributed by atoms with E-state index in [2.05, 4.69) is 112 Å². The van der Waals surface area contributed by atoms with Crippen LogP contribution in [-0.2, 0) is 4.79 Å². The van der Waals surface area contributed by atoms with Gasteiger partial charge in [-0.15, -0.1) is 11.8 Å². The molecule has 6 heteroatoms. The molecule has 2 N–H and O–H groups in total. The summed E-state index contributed by atoms with van der Waals surface area (Å²) < 4.78 is 0. The number of aryl methyl sites for hydroxylation is 1. The number of carbonyl (C=O) groups is 1. The van der Waals surface area contributed by atoms with Gasteiger partial charge in [-0.05, 0) is 30.2 Å². The number of rotatable bonds is 7. The van der Waals surface area contributed by atoms with Crippen LogP contribution in [-0.4, -0.2) is 60.0 Å². The summed E-state index contributed by atoms with van der Waals surface area (Å²) in [4.78, 5) is 18.7. The van der Waals surface area contributed by atoms with Crippen molar-refractivity contribution in [2.24, 2.45) is 0 Å². The molecule has 3 aromatic carbocycles. The van der Waals surface area contributed by atoms with Gasteiger partial charge >= 0.3 is 0 Å². The van der Waals surface area contributed by atoms with E-state index in [1.165, 1.54) is 21.6 Å². The Morgan fingerprint density at radius 2 is 1.46 bits per heavy atom. The van der Waals surface area contributed by atoms with E-state index in [0.29, 0.717) is 6.42 Å². The third-order valence-corrected chi connectivity index (χ3v) is 8.08. The molecule has 2 fully saturated rings. The van der Waals surface area contributed by atoms with Gasteiger partial charge in [0, 0.05) is 49.3 Å². The average molecular weight is 487 g/mol. The lowest BCUT2D eigenvalue weighted by atomic mass is 9.96. The summed E-state index contributed by atoms with van der Waals surface area (Å²) >= 11 is 1.82. The van der Waals surface area contributed by atoms with Gasteiger partial charge in [0.1, 0.15) is 6.29 Å². The molecule has 182 valence electrons. The molecule has 0 radical (unpaired) electrons. The fourth-order valence-electron chi connectivity index (χ4n) is 5.03. The summed E-state index contributed by atoms with van der Waals surface area (Å²) in [5.74, 6) is 1.02. The Bertz CT molecular complexity index is 1050. The van der Waals surface area contributed by atoms with Crippen molar-refractivity contribution in [1.82, 2.24) is 20.4 Å². The van der Waals surface area contributed by atoms with E-state index in [-0.39, 0.29) is 24.3 Å². The molecule has 0 spiro atoms. The number of thioether (sulfide) groups is 1. The van der Waals surface area contributed by atoms with Crippen molar-refractivity contribution < 1.29 is 4.79 Å². The molecule has 2 atom stereocenters. The Hall–Kier alpha value is -2.64. The van der Waals surface area contributed by atoms with Gasteiger partial charge in [-0.25, -0.2) is 0 Å². The summed E-state index contributed by atoms with van der Waals surface area (Å²) in [7, 11) is 0. The maximum absolute atomic E-state index is 12.5. The second-order valence-corrected chi connectivity index (χ2v) is 10.6. The Kier molecular flexibility index (Phi) is 7.84. The molecule has 1 amide bonds. The van der Waals surface area contributed by atoms with Crippen LogP contribution in [0.5, 0.6) is 0 Å². The lowest BCUT2D eigenvalue weighted by molar-refractivity contribution is -0.127. The molecular weight excluding hydrogens is 452 g/mol. The van der Waals surface area contributed by atoms with Crippen molar-refractivity contribution in [1.29, 1.82) is 0 Å². The molecule has 35 heavy (non-hydrogen) atoms.